The van der Waals surface area contributed by atoms with Gasteiger partial charge in [0.05, 0.1) is 0 Å². The molecule has 2 heterocycles. The number of hydrogen-bond acceptors (Lipinski definition) is 3. The fourth-order valence-electron chi connectivity index (χ4n) is 20.0. The van der Waals surface area contributed by atoms with Crippen molar-refractivity contribution >= 4 is 74.3 Å². The third kappa shape index (κ3) is 5.92. The van der Waals surface area contributed by atoms with E-state index in [0.717, 1.165) is 65.6 Å². The average molecular weight is 966 g/mol. The lowest BCUT2D eigenvalue weighted by Gasteiger charge is -2.72. The van der Waals surface area contributed by atoms with Crippen molar-refractivity contribution in [3.8, 4) is 0 Å². The van der Waals surface area contributed by atoms with Crippen LogP contribution in [0.4, 0.5) is 51.2 Å². The minimum absolute atomic E-state index is 0.0449. The summed E-state index contributed by atoms with van der Waals surface area (Å²) in [6.45, 7) is 20.0. The summed E-state index contributed by atoms with van der Waals surface area (Å²) >= 11 is 0. The summed E-state index contributed by atoms with van der Waals surface area (Å²) in [5.41, 5.74) is 24.0. The Morgan fingerprint density at radius 1 is 0.405 bits per heavy atom. The number of anilines is 9. The molecule has 11 aliphatic rings. The Labute approximate surface area is 441 Å². The van der Waals surface area contributed by atoms with Crippen molar-refractivity contribution < 1.29 is 0 Å². The second-order valence-corrected chi connectivity index (χ2v) is 28.1. The molecule has 0 radical (unpaired) electrons. The van der Waals surface area contributed by atoms with Gasteiger partial charge in [-0.05, 0) is 243 Å². The quantitative estimate of drug-likeness (QED) is 0.154. The van der Waals surface area contributed by atoms with E-state index in [4.69, 9.17) is 0 Å². The van der Waals surface area contributed by atoms with Crippen LogP contribution in [-0.4, -0.2) is 6.71 Å². The van der Waals surface area contributed by atoms with Crippen molar-refractivity contribution in [2.75, 3.05) is 14.7 Å². The smallest absolute Gasteiger partial charge is 0.252 e. The number of benzene rings is 7. The fraction of sp³-hybridized carbons (Fsp3) is 0.400. The maximum atomic E-state index is 2.82. The molecule has 0 aromatic heterocycles. The molecule has 9 aliphatic carbocycles. The molecule has 18 rings (SSSR count). The Hall–Kier alpha value is -6.00. The van der Waals surface area contributed by atoms with Gasteiger partial charge in [-0.25, -0.2) is 0 Å². The standard InChI is InChI=1S/C70H72BN3/c1-66(2)40-67(3,4)56-33-47(24-26-55(56)66)74-62-36-58-57(68(5,6)41-69(58,7)8)35-60(62)71-59-27-25-48(72(44-18-12-9-13-19-44)45-20-14-10-15-21-45)34-61(59)73(46-22-16-11-17-23-46)63-31-43(32-64(74)65(63)71)70-37-52-49-28-42-29-50(52)54(39-70)51(30-42)53(49)38-70/h9-27,31-36,42,49-54H,28-30,37-41H2,1-8H3. The summed E-state index contributed by atoms with van der Waals surface area (Å²) in [6, 6.07) is 59.7. The summed E-state index contributed by atoms with van der Waals surface area (Å²) in [7, 11) is 0. The first kappa shape index (κ1) is 44.3. The zero-order chi connectivity index (χ0) is 50.0. The van der Waals surface area contributed by atoms with Gasteiger partial charge in [0.1, 0.15) is 0 Å². The lowest BCUT2D eigenvalue weighted by molar-refractivity contribution is -0.212. The number of hydrogen-bond donors (Lipinski definition) is 0. The van der Waals surface area contributed by atoms with Gasteiger partial charge in [0.15, 0.2) is 0 Å². The molecule has 0 unspecified atom stereocenters. The lowest BCUT2D eigenvalue weighted by Crippen LogP contribution is -2.66. The molecule has 8 bridgehead atoms. The van der Waals surface area contributed by atoms with Crippen LogP contribution in [0.5, 0.6) is 0 Å². The molecule has 0 N–H and O–H groups in total. The van der Waals surface area contributed by atoms with Crippen molar-refractivity contribution in [3.05, 3.63) is 179 Å². The van der Waals surface area contributed by atoms with Crippen LogP contribution < -0.4 is 31.1 Å². The summed E-state index contributed by atoms with van der Waals surface area (Å²) in [5.74, 6) is 6.57. The van der Waals surface area contributed by atoms with E-state index in [9.17, 15) is 0 Å². The normalized spacial score (nSPS) is 29.5. The molecule has 0 amide bonds. The largest absolute Gasteiger partial charge is 0.311 e. The highest BCUT2D eigenvalue weighted by Crippen LogP contribution is 2.75. The van der Waals surface area contributed by atoms with Gasteiger partial charge < -0.3 is 14.7 Å². The molecule has 7 saturated carbocycles. The van der Waals surface area contributed by atoms with Gasteiger partial charge in [-0.2, -0.15) is 0 Å². The molecule has 4 heteroatoms. The maximum Gasteiger partial charge on any atom is 0.252 e. The van der Waals surface area contributed by atoms with E-state index in [1.807, 2.05) is 0 Å². The van der Waals surface area contributed by atoms with E-state index in [1.165, 1.54) is 117 Å². The van der Waals surface area contributed by atoms with Gasteiger partial charge in [-0.1, -0.05) is 128 Å². The number of rotatable bonds is 6. The Morgan fingerprint density at radius 2 is 0.892 bits per heavy atom. The van der Waals surface area contributed by atoms with E-state index in [2.05, 4.69) is 222 Å². The maximum absolute atomic E-state index is 2.82. The highest BCUT2D eigenvalue weighted by Gasteiger charge is 2.68. The first-order valence-electron chi connectivity index (χ1n) is 28.8. The molecule has 3 nitrogen and oxygen atoms in total. The molecule has 7 aromatic rings. The topological polar surface area (TPSA) is 9.72 Å². The minimum Gasteiger partial charge on any atom is -0.311 e. The molecule has 370 valence electrons. The van der Waals surface area contributed by atoms with E-state index < -0.39 is 0 Å². The predicted molar refractivity (Wildman–Crippen MR) is 310 cm³/mol. The molecule has 7 fully saturated rings. The van der Waals surface area contributed by atoms with Gasteiger partial charge in [-0.3, -0.25) is 0 Å². The van der Waals surface area contributed by atoms with E-state index >= 15 is 0 Å². The zero-order valence-electron chi connectivity index (χ0n) is 45.1. The van der Waals surface area contributed by atoms with Crippen LogP contribution in [0.1, 0.15) is 135 Å². The van der Waals surface area contributed by atoms with Crippen molar-refractivity contribution in [2.45, 2.75) is 134 Å². The first-order valence-corrected chi connectivity index (χ1v) is 28.8. The Morgan fingerprint density at radius 3 is 1.46 bits per heavy atom. The second kappa shape index (κ2) is 14.7. The summed E-state index contributed by atoms with van der Waals surface area (Å²) in [5, 5.41) is 0. The van der Waals surface area contributed by atoms with Crippen LogP contribution >= 0.6 is 0 Å². The van der Waals surface area contributed by atoms with Gasteiger partial charge in [-0.15, -0.1) is 0 Å². The van der Waals surface area contributed by atoms with Crippen LogP contribution in [0.2, 0.25) is 0 Å². The van der Waals surface area contributed by atoms with Crippen LogP contribution in [0.25, 0.3) is 0 Å². The van der Waals surface area contributed by atoms with Crippen LogP contribution in [0.15, 0.2) is 152 Å². The zero-order valence-corrected chi connectivity index (χ0v) is 45.1. The van der Waals surface area contributed by atoms with Crippen molar-refractivity contribution in [2.24, 2.45) is 41.4 Å². The third-order valence-corrected chi connectivity index (χ3v) is 22.0. The molecular weight excluding hydrogens is 894 g/mol. The van der Waals surface area contributed by atoms with E-state index in [1.54, 1.807) is 5.56 Å². The molecule has 7 aromatic carbocycles. The van der Waals surface area contributed by atoms with Gasteiger partial charge in [0, 0.05) is 51.2 Å². The SMILES string of the molecule is CC1(C)CC(C)(C)c2cc(N3c4cc5c(cc4B4c6ccc(N(c7ccccc7)c7ccccc7)cc6N(c6ccccc6)c6cc(C78CC9C%10CC%11CC9C(C7)C(C%11)C%10C8)cc3c64)C(C)(C)CC5(C)C)ccc21. The Kier molecular flexibility index (Phi) is 8.79. The summed E-state index contributed by atoms with van der Waals surface area (Å²) in [6.07, 6.45) is 11.0. The highest BCUT2D eigenvalue weighted by molar-refractivity contribution is 7.00. The summed E-state index contributed by atoms with van der Waals surface area (Å²) in [4.78, 5) is 8.00. The molecular formula is C70H72BN3. The van der Waals surface area contributed by atoms with Crippen molar-refractivity contribution in [1.29, 1.82) is 0 Å². The summed E-state index contributed by atoms with van der Waals surface area (Å²) < 4.78 is 0. The second-order valence-electron chi connectivity index (χ2n) is 28.1. The number of para-hydroxylation sites is 3. The van der Waals surface area contributed by atoms with Gasteiger partial charge >= 0.3 is 0 Å². The fourth-order valence-corrected chi connectivity index (χ4v) is 20.0. The van der Waals surface area contributed by atoms with Gasteiger partial charge in [0.25, 0.3) is 6.71 Å². The minimum atomic E-state index is 0.0449. The Balaban J connectivity index is 0.999. The molecule has 0 atom stereocenters. The molecule has 0 saturated heterocycles. The lowest BCUT2D eigenvalue weighted by atomic mass is 9.31. The molecule has 0 spiro atoms. The number of fused-ring (bicyclic) bond motifs is 6. The third-order valence-electron chi connectivity index (χ3n) is 22.0. The first-order chi connectivity index (χ1) is 35.6. The number of nitrogens with zero attached hydrogens (tertiary/aromatic N) is 3. The Bertz CT molecular complexity index is 3400. The van der Waals surface area contributed by atoms with Crippen molar-refractivity contribution in [1.82, 2.24) is 0 Å². The highest BCUT2D eigenvalue weighted by atomic mass is 15.2. The van der Waals surface area contributed by atoms with E-state index in [-0.39, 0.29) is 33.8 Å². The monoisotopic (exact) mass is 966 g/mol. The predicted octanol–water partition coefficient (Wildman–Crippen LogP) is 16.1. The molecule has 2 aliphatic heterocycles. The van der Waals surface area contributed by atoms with Crippen LogP contribution in [0, 0.1) is 41.4 Å². The average Bonchev–Trinajstić information content (AvgIpc) is 3.88. The van der Waals surface area contributed by atoms with Crippen molar-refractivity contribution in [3.63, 3.8) is 0 Å². The van der Waals surface area contributed by atoms with Gasteiger partial charge in [0.2, 0.25) is 0 Å². The van der Waals surface area contributed by atoms with Crippen LogP contribution in [0.3, 0.4) is 0 Å². The molecule has 74 heavy (non-hydrogen) atoms. The van der Waals surface area contributed by atoms with E-state index in [0.29, 0.717) is 0 Å². The van der Waals surface area contributed by atoms with Crippen LogP contribution in [-0.2, 0) is 27.1 Å².